The molecule has 1 saturated heterocycles. The van der Waals surface area contributed by atoms with Crippen LogP contribution in [0.25, 0.3) is 0 Å². The lowest BCUT2D eigenvalue weighted by atomic mass is 9.99. The topological polar surface area (TPSA) is 98.7 Å². The van der Waals surface area contributed by atoms with Gasteiger partial charge in [-0.3, -0.25) is 4.79 Å². The third kappa shape index (κ3) is 5.99. The van der Waals surface area contributed by atoms with Gasteiger partial charge in [-0.2, -0.15) is 4.79 Å². The molecule has 2 aromatic rings. The van der Waals surface area contributed by atoms with Crippen LogP contribution in [0.4, 0.5) is 4.79 Å². The molecular weight excluding hydrogens is 374 g/mol. The summed E-state index contributed by atoms with van der Waals surface area (Å²) in [6, 6.07) is 9.76. The molecule has 2 atom stereocenters. The number of hydrogen-bond acceptors (Lipinski definition) is 4. The van der Waals surface area contributed by atoms with Gasteiger partial charge >= 0.3 is 12.3 Å². The van der Waals surface area contributed by atoms with Gasteiger partial charge in [-0.15, -0.1) is 0 Å². The highest BCUT2D eigenvalue weighted by Crippen LogP contribution is 2.20. The van der Waals surface area contributed by atoms with Gasteiger partial charge in [0.05, 0.1) is 16.9 Å². The summed E-state index contributed by atoms with van der Waals surface area (Å²) < 4.78 is 7.26. The first-order chi connectivity index (χ1) is 14.0. The maximum atomic E-state index is 12.4. The van der Waals surface area contributed by atoms with E-state index in [1.54, 1.807) is 12.3 Å². The van der Waals surface area contributed by atoms with E-state index in [-0.39, 0.29) is 11.9 Å². The van der Waals surface area contributed by atoms with E-state index in [4.69, 9.17) is 9.74 Å². The molecule has 2 N–H and O–H groups in total. The van der Waals surface area contributed by atoms with E-state index < -0.39 is 12.2 Å². The Balaban J connectivity index is 1.53. The molecule has 3 rings (SSSR count). The molecule has 1 aromatic heterocycles. The van der Waals surface area contributed by atoms with Gasteiger partial charge in [0.2, 0.25) is 12.5 Å². The first kappa shape index (κ1) is 20.7. The maximum absolute atomic E-state index is 12.4. The van der Waals surface area contributed by atoms with Gasteiger partial charge < -0.3 is 15.1 Å². The molecule has 2 heterocycles. The summed E-state index contributed by atoms with van der Waals surface area (Å²) in [5.74, 6) is 0.105. The number of carbonyl (C=O) groups excluding carboxylic acids is 1. The number of nitrogens with zero attached hydrogens (tertiary/aromatic N) is 3. The smallest absolute Gasteiger partial charge is 0.424 e. The van der Waals surface area contributed by atoms with Crippen LogP contribution in [0, 0.1) is 0 Å². The van der Waals surface area contributed by atoms with Crippen LogP contribution in [0.5, 0.6) is 0 Å². The van der Waals surface area contributed by atoms with Gasteiger partial charge in [-0.25, -0.2) is 0 Å². The zero-order chi connectivity index (χ0) is 20.6. The van der Waals surface area contributed by atoms with Crippen LogP contribution in [-0.2, 0) is 17.8 Å². The molecule has 0 spiro atoms. The molecule has 0 saturated carbocycles. The quantitative estimate of drug-likeness (QED) is 0.513. The molecule has 1 fully saturated rings. The van der Waals surface area contributed by atoms with Crippen LogP contribution < -0.4 is 9.48 Å². The highest BCUT2D eigenvalue weighted by molar-refractivity contribution is 5.77. The zero-order valence-electron chi connectivity index (χ0n) is 16.3. The second-order valence-electron chi connectivity index (χ2n) is 7.17. The Bertz CT molecular complexity index is 849. The maximum Gasteiger partial charge on any atom is 0.649 e. The molecule has 0 radical (unpaired) electrons. The number of aliphatic hydroxyl groups is 1. The third-order valence-corrected chi connectivity index (χ3v) is 4.98. The Morgan fingerprint density at radius 2 is 2.10 bits per heavy atom. The number of aliphatic hydroxyl groups excluding tert-OH is 1. The highest BCUT2D eigenvalue weighted by Gasteiger charge is 2.28. The Morgan fingerprint density at radius 3 is 2.83 bits per heavy atom. The minimum Gasteiger partial charge on any atom is -0.424 e. The van der Waals surface area contributed by atoms with Crippen molar-refractivity contribution in [3.8, 4) is 0 Å². The summed E-state index contributed by atoms with van der Waals surface area (Å²) in [5.41, 5.74) is 1.07. The first-order valence-electron chi connectivity index (χ1n) is 9.88. The van der Waals surface area contributed by atoms with Gasteiger partial charge in [0, 0.05) is 30.4 Å². The Hall–Kier alpha value is -3.00. The van der Waals surface area contributed by atoms with Crippen LogP contribution >= 0.6 is 0 Å². The van der Waals surface area contributed by atoms with Crippen LogP contribution in [0.1, 0.15) is 31.2 Å². The minimum atomic E-state index is -1.19. The van der Waals surface area contributed by atoms with E-state index in [0.717, 1.165) is 23.1 Å². The number of benzene rings is 1. The van der Waals surface area contributed by atoms with Crippen molar-refractivity contribution in [2.75, 3.05) is 6.54 Å². The van der Waals surface area contributed by atoms with Crippen molar-refractivity contribution in [1.29, 1.82) is 0 Å². The van der Waals surface area contributed by atoms with Crippen LogP contribution in [-0.4, -0.2) is 45.8 Å². The normalized spacial score (nSPS) is 18.3. The molecule has 1 aliphatic heterocycles. The summed E-state index contributed by atoms with van der Waals surface area (Å²) in [4.78, 5) is 25.1. The van der Waals surface area contributed by atoms with Crippen LogP contribution in [0.3, 0.4) is 0 Å². The van der Waals surface area contributed by atoms with E-state index in [2.05, 4.69) is 0 Å². The molecule has 8 heteroatoms. The molecule has 0 unspecified atom stereocenters. The summed E-state index contributed by atoms with van der Waals surface area (Å²) in [6.07, 6.45) is 8.22. The molecule has 8 nitrogen and oxygen atoms in total. The highest BCUT2D eigenvalue weighted by atomic mass is 16.6. The number of rotatable bonds is 8. The second kappa shape index (κ2) is 9.97. The number of carbonyl (C=O) groups is 2. The van der Waals surface area contributed by atoms with E-state index in [1.165, 1.54) is 10.9 Å². The lowest BCUT2D eigenvalue weighted by molar-refractivity contribution is -1.02. The van der Waals surface area contributed by atoms with Crippen LogP contribution in [0.15, 0.2) is 59.5 Å². The SMILES string of the molecule is O=C1CCC[C@H](/C=C/[C@@H](O)Cc2ccccc2)N1CCC[n+]1cc[n+](C(=O)O)o1. The molecule has 0 aliphatic carbocycles. The summed E-state index contributed by atoms with van der Waals surface area (Å²) in [6.45, 7) is 1.01. The van der Waals surface area contributed by atoms with Gasteiger partial charge in [-0.05, 0) is 18.4 Å². The monoisotopic (exact) mass is 401 g/mol. The van der Waals surface area contributed by atoms with Gasteiger partial charge in [0.15, 0.2) is 4.74 Å². The molecule has 29 heavy (non-hydrogen) atoms. The number of likely N-dealkylation sites (tertiary alicyclic amines) is 1. The largest absolute Gasteiger partial charge is 0.649 e. The predicted molar refractivity (Wildman–Crippen MR) is 102 cm³/mol. The number of aromatic nitrogens is 2. The average Bonchev–Trinajstić information content (AvgIpc) is 3.18. The zero-order valence-corrected chi connectivity index (χ0v) is 16.3. The van der Waals surface area contributed by atoms with E-state index in [9.17, 15) is 14.7 Å². The van der Waals surface area contributed by atoms with Gasteiger partial charge in [0.1, 0.15) is 0 Å². The molecule has 1 aromatic carbocycles. The van der Waals surface area contributed by atoms with Crippen molar-refractivity contribution in [2.24, 2.45) is 0 Å². The first-order valence-corrected chi connectivity index (χ1v) is 9.88. The van der Waals surface area contributed by atoms with Crippen molar-refractivity contribution in [3.05, 3.63) is 60.4 Å². The molecule has 1 aliphatic rings. The summed E-state index contributed by atoms with van der Waals surface area (Å²) in [5, 5.41) is 19.2. The summed E-state index contributed by atoms with van der Waals surface area (Å²) >= 11 is 0. The number of aryl methyl sites for hydroxylation is 1. The van der Waals surface area contributed by atoms with Crippen molar-refractivity contribution in [2.45, 2.75) is 50.8 Å². The fourth-order valence-corrected chi connectivity index (χ4v) is 3.53. The Labute approximate surface area is 169 Å². The third-order valence-electron chi connectivity index (χ3n) is 4.98. The number of amides is 1. The van der Waals surface area contributed by atoms with Crippen molar-refractivity contribution in [1.82, 2.24) is 4.90 Å². The van der Waals surface area contributed by atoms with Crippen molar-refractivity contribution < 1.29 is 33.9 Å². The number of piperidine rings is 1. The standard InChI is InChI=1S/C21H26N3O5/c25-19(16-17-6-2-1-3-7-17)11-10-18-8-4-9-20(26)23(18)13-5-12-22-14-15-24(29-22)21(27)28/h1-3,6-7,10-11,14-15,18-19,25H,4-5,8-9,12-13,16H2/q+1/p+1/b11-10+/t18-,19-/m1/s1. The van der Waals surface area contributed by atoms with Crippen molar-refractivity contribution in [3.63, 3.8) is 0 Å². The van der Waals surface area contributed by atoms with Crippen molar-refractivity contribution >= 4 is 12.0 Å². The predicted octanol–water partition coefficient (Wildman–Crippen LogP) is 1.31. The fraction of sp³-hybridized carbons (Fsp3) is 0.429. The Morgan fingerprint density at radius 1 is 1.31 bits per heavy atom. The summed E-state index contributed by atoms with van der Waals surface area (Å²) in [7, 11) is 0. The lowest BCUT2D eigenvalue weighted by Gasteiger charge is -2.33. The lowest BCUT2D eigenvalue weighted by Crippen LogP contribution is -2.46. The number of hydrogen-bond donors (Lipinski definition) is 2. The van der Waals surface area contributed by atoms with Gasteiger partial charge in [-0.1, -0.05) is 42.5 Å². The van der Waals surface area contributed by atoms with E-state index >= 15 is 0 Å². The molecular formula is C21H27N3O5+2. The molecule has 154 valence electrons. The molecule has 0 bridgehead atoms. The van der Waals surface area contributed by atoms with E-state index in [0.29, 0.717) is 32.4 Å². The van der Waals surface area contributed by atoms with Gasteiger partial charge in [0.25, 0.3) is 6.20 Å². The molecule has 1 amide bonds. The number of carboxylic acid groups (broad SMARTS) is 1. The fourth-order valence-electron chi connectivity index (χ4n) is 3.53. The minimum absolute atomic E-state index is 0.0350. The Kier molecular flexibility index (Phi) is 7.13. The second-order valence-corrected chi connectivity index (χ2v) is 7.17. The van der Waals surface area contributed by atoms with E-state index in [1.807, 2.05) is 41.3 Å². The van der Waals surface area contributed by atoms with Crippen LogP contribution in [0.2, 0.25) is 0 Å². The average molecular weight is 401 g/mol.